The normalized spacial score (nSPS) is 13.4. The van der Waals surface area contributed by atoms with Crippen molar-refractivity contribution in [3.63, 3.8) is 0 Å². The van der Waals surface area contributed by atoms with E-state index in [0.717, 1.165) is 5.66 Å². The molecule has 7 aromatic carbocycles. The van der Waals surface area contributed by atoms with Gasteiger partial charge in [0.05, 0.1) is 28.5 Å². The van der Waals surface area contributed by atoms with Crippen LogP contribution in [0.1, 0.15) is 0 Å². The third kappa shape index (κ3) is 2.26. The van der Waals surface area contributed by atoms with E-state index >= 15 is 0 Å². The van der Waals surface area contributed by atoms with Gasteiger partial charge in [0, 0.05) is 43.8 Å². The van der Waals surface area contributed by atoms with Crippen LogP contribution >= 0.6 is 0 Å². The minimum absolute atomic E-state index is 0.0277. The number of aromatic nitrogens is 2. The van der Waals surface area contributed by atoms with Crippen LogP contribution in [0.5, 0.6) is 0 Å². The number of rotatable bonds is 0. The molecule has 0 unspecified atom stereocenters. The van der Waals surface area contributed by atoms with Crippen molar-refractivity contribution in [2.45, 2.75) is 0 Å². The lowest BCUT2D eigenvalue weighted by molar-refractivity contribution is 0.603. The monoisotopic (exact) mass is 556 g/mol. The zero-order valence-corrected chi connectivity index (χ0v) is 23.5. The summed E-state index contributed by atoms with van der Waals surface area (Å²) in [5.41, 5.74) is 11.2. The van der Waals surface area contributed by atoms with Crippen LogP contribution in [0.3, 0.4) is 0 Å². The molecule has 5 heterocycles. The Morgan fingerprint density at radius 2 is 1.02 bits per heavy atom. The molecule has 0 fully saturated rings. The SMILES string of the molecule is c1cc2c3c(c1)-n1c4c(cccc4c4ccc5c6ccccc6c6ccccc6c5c41)B3c1occ3c4ccccc4n-2c13. The zero-order valence-electron chi connectivity index (χ0n) is 23.5. The quantitative estimate of drug-likeness (QED) is 0.137. The van der Waals surface area contributed by atoms with E-state index < -0.39 is 0 Å². The summed E-state index contributed by atoms with van der Waals surface area (Å²) in [6.45, 7) is 0.0277. The molecule has 3 aromatic heterocycles. The summed E-state index contributed by atoms with van der Waals surface area (Å²) in [5.74, 6) is 0. The van der Waals surface area contributed by atoms with Crippen molar-refractivity contribution in [3.8, 4) is 11.4 Å². The summed E-state index contributed by atoms with van der Waals surface area (Å²) in [7, 11) is 0. The van der Waals surface area contributed by atoms with Gasteiger partial charge in [0.25, 0.3) is 6.71 Å². The summed E-state index contributed by atoms with van der Waals surface area (Å²) < 4.78 is 11.6. The highest BCUT2D eigenvalue weighted by atomic mass is 16.3. The molecule has 0 saturated carbocycles. The Balaban J connectivity index is 1.36. The summed E-state index contributed by atoms with van der Waals surface area (Å²) in [6.07, 6.45) is 1.98. The lowest BCUT2D eigenvalue weighted by Crippen LogP contribution is -2.58. The number of hydrogen-bond donors (Lipinski definition) is 0. The average molecular weight is 556 g/mol. The molecule has 0 bridgehead atoms. The Kier molecular flexibility index (Phi) is 3.60. The molecule has 4 heteroatoms. The van der Waals surface area contributed by atoms with Crippen molar-refractivity contribution in [3.05, 3.63) is 128 Å². The Labute approximate surface area is 251 Å². The molecule has 0 saturated heterocycles. The third-order valence-electron chi connectivity index (χ3n) is 10.5. The highest BCUT2D eigenvalue weighted by Crippen LogP contribution is 2.44. The maximum Gasteiger partial charge on any atom is 0.297 e. The van der Waals surface area contributed by atoms with E-state index in [1.807, 2.05) is 6.26 Å². The first-order valence-corrected chi connectivity index (χ1v) is 15.3. The van der Waals surface area contributed by atoms with Crippen LogP contribution < -0.4 is 16.6 Å². The number of benzene rings is 7. The van der Waals surface area contributed by atoms with Gasteiger partial charge in [-0.25, -0.2) is 0 Å². The summed E-state index contributed by atoms with van der Waals surface area (Å²) in [5, 5.41) is 12.8. The van der Waals surface area contributed by atoms with Crippen molar-refractivity contribution in [2.24, 2.45) is 0 Å². The molecule has 0 spiro atoms. The van der Waals surface area contributed by atoms with Crippen LogP contribution in [0.15, 0.2) is 132 Å². The minimum atomic E-state index is 0.0277. The van der Waals surface area contributed by atoms with Gasteiger partial charge in [-0.05, 0) is 56.1 Å². The molecule has 2 aliphatic heterocycles. The fourth-order valence-electron chi connectivity index (χ4n) is 8.96. The number of fused-ring (bicyclic) bond motifs is 17. The van der Waals surface area contributed by atoms with Gasteiger partial charge in [-0.15, -0.1) is 0 Å². The van der Waals surface area contributed by atoms with E-state index in [-0.39, 0.29) is 6.71 Å². The van der Waals surface area contributed by atoms with Gasteiger partial charge in [0.15, 0.2) is 0 Å². The number of hydrogen-bond acceptors (Lipinski definition) is 1. The molecule has 200 valence electrons. The fourth-order valence-corrected chi connectivity index (χ4v) is 8.96. The molecule has 12 rings (SSSR count). The van der Waals surface area contributed by atoms with Gasteiger partial charge in [0.2, 0.25) is 0 Å². The summed E-state index contributed by atoms with van der Waals surface area (Å²) in [4.78, 5) is 0. The predicted octanol–water partition coefficient (Wildman–Crippen LogP) is 8.08. The molecular formula is C40H21BN2O. The lowest BCUT2D eigenvalue weighted by atomic mass is 9.36. The molecule has 10 aromatic rings. The van der Waals surface area contributed by atoms with Crippen LogP contribution in [0.2, 0.25) is 0 Å². The Hall–Kier alpha value is -5.74. The van der Waals surface area contributed by atoms with Crippen LogP contribution in [0.25, 0.3) is 87.3 Å². The topological polar surface area (TPSA) is 23.0 Å². The number of furan rings is 1. The van der Waals surface area contributed by atoms with Crippen LogP contribution in [0, 0.1) is 0 Å². The molecule has 3 nitrogen and oxygen atoms in total. The van der Waals surface area contributed by atoms with E-state index in [2.05, 4.69) is 130 Å². The fraction of sp³-hybridized carbons (Fsp3) is 0. The van der Waals surface area contributed by atoms with E-state index in [1.54, 1.807) is 0 Å². The van der Waals surface area contributed by atoms with Crippen LogP contribution in [0.4, 0.5) is 0 Å². The number of para-hydroxylation sites is 2. The number of nitrogens with zero attached hydrogens (tertiary/aromatic N) is 2. The Morgan fingerprint density at radius 1 is 0.432 bits per heavy atom. The molecule has 0 atom stereocenters. The van der Waals surface area contributed by atoms with Gasteiger partial charge < -0.3 is 13.6 Å². The minimum Gasteiger partial charge on any atom is -0.476 e. The van der Waals surface area contributed by atoms with Gasteiger partial charge >= 0.3 is 0 Å². The first-order chi connectivity index (χ1) is 21.9. The van der Waals surface area contributed by atoms with E-state index in [9.17, 15) is 0 Å². The van der Waals surface area contributed by atoms with E-state index in [0.29, 0.717) is 0 Å². The predicted molar refractivity (Wildman–Crippen MR) is 185 cm³/mol. The Morgan fingerprint density at radius 3 is 1.84 bits per heavy atom. The maximum atomic E-state index is 6.56. The molecule has 0 aliphatic carbocycles. The van der Waals surface area contributed by atoms with Crippen molar-refractivity contribution < 1.29 is 4.42 Å². The van der Waals surface area contributed by atoms with E-state index in [4.69, 9.17) is 4.42 Å². The highest BCUT2D eigenvalue weighted by molar-refractivity contribution is 6.99. The molecule has 2 aliphatic rings. The second-order valence-corrected chi connectivity index (χ2v) is 12.4. The van der Waals surface area contributed by atoms with Gasteiger partial charge in [-0.2, -0.15) is 0 Å². The molecule has 0 amide bonds. The van der Waals surface area contributed by atoms with Crippen molar-refractivity contribution in [1.82, 2.24) is 9.13 Å². The average Bonchev–Trinajstić information content (AvgIpc) is 3.77. The molecule has 0 N–H and O–H groups in total. The van der Waals surface area contributed by atoms with E-state index in [1.165, 1.54) is 98.2 Å². The smallest absolute Gasteiger partial charge is 0.297 e. The molecular weight excluding hydrogens is 535 g/mol. The standard InChI is InChI=1S/C40H21BN2O/c1-2-11-24-22(9-1)23-10-3-4-13-26(23)35-27(24)19-20-29-28-14-7-15-31-37(28)43(38(29)35)34-18-8-17-33-36(34)41(31)40-39-30(21-44-40)25-12-5-6-16-32(25)42(33)39/h1-21H. The van der Waals surface area contributed by atoms with Crippen molar-refractivity contribution in [2.75, 3.05) is 0 Å². The van der Waals surface area contributed by atoms with Crippen molar-refractivity contribution in [1.29, 1.82) is 0 Å². The van der Waals surface area contributed by atoms with Crippen LogP contribution in [-0.4, -0.2) is 15.8 Å². The third-order valence-corrected chi connectivity index (χ3v) is 10.5. The molecule has 44 heavy (non-hydrogen) atoms. The second kappa shape index (κ2) is 7.24. The Bertz CT molecular complexity index is 2920. The maximum absolute atomic E-state index is 6.56. The summed E-state index contributed by atoms with van der Waals surface area (Å²) >= 11 is 0. The van der Waals surface area contributed by atoms with Crippen LogP contribution in [-0.2, 0) is 0 Å². The van der Waals surface area contributed by atoms with Gasteiger partial charge in [-0.3, -0.25) is 0 Å². The van der Waals surface area contributed by atoms with Gasteiger partial charge in [0.1, 0.15) is 0 Å². The first-order valence-electron chi connectivity index (χ1n) is 15.3. The largest absolute Gasteiger partial charge is 0.476 e. The zero-order chi connectivity index (χ0) is 28.3. The second-order valence-electron chi connectivity index (χ2n) is 12.4. The van der Waals surface area contributed by atoms with Gasteiger partial charge in [-0.1, -0.05) is 103 Å². The highest BCUT2D eigenvalue weighted by Gasteiger charge is 2.43. The lowest BCUT2D eigenvalue weighted by Gasteiger charge is -2.31. The molecule has 0 radical (unpaired) electrons. The first kappa shape index (κ1) is 21.9. The summed E-state index contributed by atoms with van der Waals surface area (Å²) in [6, 6.07) is 44.9. The van der Waals surface area contributed by atoms with Crippen molar-refractivity contribution >= 4 is 99.2 Å².